The molecule has 2 aromatic rings. The molecule has 2 aliphatic rings. The third kappa shape index (κ3) is 4.80. The van der Waals surface area contributed by atoms with E-state index in [0.717, 1.165) is 23.9 Å². The molecule has 0 atom stereocenters. The number of rotatable bonds is 5. The monoisotopic (exact) mass is 421 g/mol. The Balaban J connectivity index is 1.55. The first-order chi connectivity index (χ1) is 14.5. The van der Waals surface area contributed by atoms with Crippen LogP contribution < -0.4 is 10.2 Å². The lowest BCUT2D eigenvalue weighted by Crippen LogP contribution is -2.41. The number of nitrogens with one attached hydrogen (secondary N) is 1. The summed E-state index contributed by atoms with van der Waals surface area (Å²) >= 11 is 5.94. The van der Waals surface area contributed by atoms with Crippen LogP contribution in [0.5, 0.6) is 0 Å². The fourth-order valence-corrected chi connectivity index (χ4v) is 5.51. The van der Waals surface area contributed by atoms with Gasteiger partial charge in [0.15, 0.2) is 5.11 Å². The van der Waals surface area contributed by atoms with Crippen LogP contribution in [-0.4, -0.2) is 29.1 Å². The van der Waals surface area contributed by atoms with Crippen molar-refractivity contribution in [2.24, 2.45) is 0 Å². The molecule has 0 aromatic heterocycles. The van der Waals surface area contributed by atoms with E-state index in [4.69, 9.17) is 12.2 Å². The third-order valence-electron chi connectivity index (χ3n) is 6.59. The zero-order valence-electron chi connectivity index (χ0n) is 18.7. The molecule has 1 fully saturated rings. The molecule has 1 N–H and O–H groups in total. The molecule has 1 aliphatic heterocycles. The lowest BCUT2D eigenvalue weighted by atomic mass is 9.98. The molecule has 0 bridgehead atoms. The molecule has 2 aromatic carbocycles. The molecular weight excluding hydrogens is 386 g/mol. The molecule has 1 aliphatic carbocycles. The molecular formula is C26H35N3S. The Bertz CT molecular complexity index is 881. The van der Waals surface area contributed by atoms with Crippen LogP contribution in [0.15, 0.2) is 36.4 Å². The minimum Gasteiger partial charge on any atom is -0.372 e. The Morgan fingerprint density at radius 1 is 1.07 bits per heavy atom. The van der Waals surface area contributed by atoms with E-state index in [1.165, 1.54) is 73.0 Å². The van der Waals surface area contributed by atoms with Gasteiger partial charge in [0.1, 0.15) is 0 Å². The first kappa shape index (κ1) is 21.2. The van der Waals surface area contributed by atoms with E-state index in [2.05, 4.69) is 72.3 Å². The predicted molar refractivity (Wildman–Crippen MR) is 133 cm³/mol. The Hall–Kier alpha value is -2.07. The number of anilines is 2. The molecule has 0 amide bonds. The normalized spacial score (nSPS) is 16.4. The van der Waals surface area contributed by atoms with Crippen molar-refractivity contribution < 1.29 is 0 Å². The maximum atomic E-state index is 5.94. The van der Waals surface area contributed by atoms with Crippen LogP contribution in [0.1, 0.15) is 61.3 Å². The van der Waals surface area contributed by atoms with E-state index < -0.39 is 0 Å². The molecule has 4 rings (SSSR count). The molecule has 0 spiro atoms. The Morgan fingerprint density at radius 2 is 1.80 bits per heavy atom. The standard InChI is InChI=1S/C26H35N3S/c1-4-28-13-7-8-22-17-21(11-12-25(22)28)18-29(24-9-5-6-10-24)26(30)27-23-15-19(2)14-20(3)16-23/h11-12,14-17,24H,4-10,13,18H2,1-3H3,(H,27,30). The van der Waals surface area contributed by atoms with E-state index in [0.29, 0.717) is 6.04 Å². The summed E-state index contributed by atoms with van der Waals surface area (Å²) in [7, 11) is 0. The Labute approximate surface area is 187 Å². The van der Waals surface area contributed by atoms with Crippen molar-refractivity contribution in [3.8, 4) is 0 Å². The predicted octanol–water partition coefficient (Wildman–Crippen LogP) is 6.22. The van der Waals surface area contributed by atoms with Gasteiger partial charge in [-0.25, -0.2) is 0 Å². The van der Waals surface area contributed by atoms with Crippen molar-refractivity contribution in [2.45, 2.75) is 71.9 Å². The maximum absolute atomic E-state index is 5.94. The van der Waals surface area contributed by atoms with Gasteiger partial charge in [0, 0.05) is 37.1 Å². The second-order valence-electron chi connectivity index (χ2n) is 9.02. The van der Waals surface area contributed by atoms with Crippen LogP contribution in [0.4, 0.5) is 11.4 Å². The van der Waals surface area contributed by atoms with Crippen LogP contribution in [-0.2, 0) is 13.0 Å². The molecule has 0 unspecified atom stereocenters. The lowest BCUT2D eigenvalue weighted by Gasteiger charge is -2.33. The first-order valence-corrected chi connectivity index (χ1v) is 12.0. The van der Waals surface area contributed by atoms with Gasteiger partial charge in [-0.05, 0) is 99.1 Å². The summed E-state index contributed by atoms with van der Waals surface area (Å²) in [6.45, 7) is 9.69. The Kier molecular flexibility index (Phi) is 6.62. The highest BCUT2D eigenvalue weighted by molar-refractivity contribution is 7.80. The van der Waals surface area contributed by atoms with Crippen LogP contribution >= 0.6 is 12.2 Å². The smallest absolute Gasteiger partial charge is 0.173 e. The molecule has 0 saturated heterocycles. The van der Waals surface area contributed by atoms with Gasteiger partial charge in [-0.2, -0.15) is 0 Å². The van der Waals surface area contributed by atoms with Crippen LogP contribution in [0.25, 0.3) is 0 Å². The SMILES string of the molecule is CCN1CCCc2cc(CN(C(=S)Nc3cc(C)cc(C)c3)C3CCCC3)ccc21. The van der Waals surface area contributed by atoms with E-state index in [1.807, 2.05) is 0 Å². The summed E-state index contributed by atoms with van der Waals surface area (Å²) in [6.07, 6.45) is 7.54. The number of aryl methyl sites for hydroxylation is 3. The van der Waals surface area contributed by atoms with Gasteiger partial charge in [-0.15, -0.1) is 0 Å². The van der Waals surface area contributed by atoms with Gasteiger partial charge >= 0.3 is 0 Å². The minimum absolute atomic E-state index is 0.541. The van der Waals surface area contributed by atoms with Gasteiger partial charge in [0.05, 0.1) is 0 Å². The van der Waals surface area contributed by atoms with E-state index in [9.17, 15) is 0 Å². The summed E-state index contributed by atoms with van der Waals surface area (Å²) in [5, 5.41) is 4.41. The van der Waals surface area contributed by atoms with Gasteiger partial charge in [-0.1, -0.05) is 31.0 Å². The summed E-state index contributed by atoms with van der Waals surface area (Å²) in [5.41, 5.74) is 7.94. The minimum atomic E-state index is 0.541. The van der Waals surface area contributed by atoms with Gasteiger partial charge in [0.25, 0.3) is 0 Å². The fraction of sp³-hybridized carbons (Fsp3) is 0.500. The van der Waals surface area contributed by atoms with Crippen molar-refractivity contribution in [3.63, 3.8) is 0 Å². The highest BCUT2D eigenvalue weighted by Gasteiger charge is 2.25. The average Bonchev–Trinajstić information content (AvgIpc) is 3.25. The second kappa shape index (κ2) is 9.38. The molecule has 1 saturated carbocycles. The van der Waals surface area contributed by atoms with Crippen LogP contribution in [0, 0.1) is 13.8 Å². The third-order valence-corrected chi connectivity index (χ3v) is 6.93. The molecule has 0 radical (unpaired) electrons. The first-order valence-electron chi connectivity index (χ1n) is 11.6. The zero-order chi connectivity index (χ0) is 21.1. The van der Waals surface area contributed by atoms with Gasteiger partial charge in [-0.3, -0.25) is 0 Å². The van der Waals surface area contributed by atoms with E-state index in [1.54, 1.807) is 0 Å². The highest BCUT2D eigenvalue weighted by atomic mass is 32.1. The quantitative estimate of drug-likeness (QED) is 0.578. The zero-order valence-corrected chi connectivity index (χ0v) is 19.5. The molecule has 30 heavy (non-hydrogen) atoms. The van der Waals surface area contributed by atoms with E-state index >= 15 is 0 Å². The summed E-state index contributed by atoms with van der Waals surface area (Å²) in [5.74, 6) is 0. The van der Waals surface area contributed by atoms with Gasteiger partial charge < -0.3 is 15.1 Å². The van der Waals surface area contributed by atoms with Gasteiger partial charge in [0.2, 0.25) is 0 Å². The second-order valence-corrected chi connectivity index (χ2v) is 9.41. The number of nitrogens with zero attached hydrogens (tertiary/aromatic N) is 2. The number of fused-ring (bicyclic) bond motifs is 1. The number of benzene rings is 2. The van der Waals surface area contributed by atoms with E-state index in [-0.39, 0.29) is 0 Å². The number of hydrogen-bond acceptors (Lipinski definition) is 2. The van der Waals surface area contributed by atoms with Crippen molar-refractivity contribution in [1.29, 1.82) is 0 Å². The largest absolute Gasteiger partial charge is 0.372 e. The maximum Gasteiger partial charge on any atom is 0.173 e. The van der Waals surface area contributed by atoms with Crippen molar-refractivity contribution in [2.75, 3.05) is 23.3 Å². The molecule has 1 heterocycles. The lowest BCUT2D eigenvalue weighted by molar-refractivity contribution is 0.312. The Morgan fingerprint density at radius 3 is 2.50 bits per heavy atom. The molecule has 160 valence electrons. The highest BCUT2D eigenvalue weighted by Crippen LogP contribution is 2.30. The van der Waals surface area contributed by atoms with Crippen LogP contribution in [0.3, 0.4) is 0 Å². The summed E-state index contributed by atoms with van der Waals surface area (Å²) in [4.78, 5) is 4.95. The van der Waals surface area contributed by atoms with Crippen molar-refractivity contribution in [3.05, 3.63) is 58.7 Å². The summed E-state index contributed by atoms with van der Waals surface area (Å²) in [6, 6.07) is 14.2. The van der Waals surface area contributed by atoms with Crippen molar-refractivity contribution >= 4 is 28.7 Å². The molecule has 4 heteroatoms. The number of hydrogen-bond donors (Lipinski definition) is 1. The topological polar surface area (TPSA) is 18.5 Å². The van der Waals surface area contributed by atoms with Crippen molar-refractivity contribution in [1.82, 2.24) is 4.90 Å². The number of thiocarbonyl (C=S) groups is 1. The fourth-order valence-electron chi connectivity index (χ4n) is 5.18. The summed E-state index contributed by atoms with van der Waals surface area (Å²) < 4.78 is 0. The molecule has 3 nitrogen and oxygen atoms in total. The van der Waals surface area contributed by atoms with Crippen LogP contribution in [0.2, 0.25) is 0 Å². The average molecular weight is 422 g/mol.